The predicted molar refractivity (Wildman–Crippen MR) is 75.0 cm³/mol. The minimum Gasteiger partial charge on any atom is -0.507 e. The standard InChI is InChI=1S/C15H22N2O2/c1-9-5-11(6-10(2)14(9)18)7-12(8-16)15(19)17-13-3-4-13/h5-6,12-13,18H,3-4,7-8,16H2,1-2H3,(H,17,19). The summed E-state index contributed by atoms with van der Waals surface area (Å²) in [6.45, 7) is 4.08. The average Bonchev–Trinajstić information content (AvgIpc) is 3.16. The van der Waals surface area contributed by atoms with E-state index < -0.39 is 0 Å². The van der Waals surface area contributed by atoms with Crippen LogP contribution in [0.4, 0.5) is 0 Å². The first-order valence-corrected chi connectivity index (χ1v) is 6.80. The lowest BCUT2D eigenvalue weighted by molar-refractivity contribution is -0.124. The van der Waals surface area contributed by atoms with E-state index in [4.69, 9.17) is 5.73 Å². The minimum absolute atomic E-state index is 0.0494. The second-order valence-electron chi connectivity index (χ2n) is 5.50. The highest BCUT2D eigenvalue weighted by Crippen LogP contribution is 2.25. The number of hydrogen-bond donors (Lipinski definition) is 3. The third-order valence-electron chi connectivity index (χ3n) is 3.61. The van der Waals surface area contributed by atoms with Crippen LogP contribution in [0.25, 0.3) is 0 Å². The molecule has 1 saturated carbocycles. The maximum Gasteiger partial charge on any atom is 0.224 e. The number of nitrogens with one attached hydrogen (secondary N) is 1. The molecule has 1 fully saturated rings. The van der Waals surface area contributed by atoms with Gasteiger partial charge in [-0.15, -0.1) is 0 Å². The molecule has 1 aromatic carbocycles. The highest BCUT2D eigenvalue weighted by molar-refractivity contribution is 5.79. The normalized spacial score (nSPS) is 16.2. The SMILES string of the molecule is Cc1cc(CC(CN)C(=O)NC2CC2)cc(C)c1O. The summed E-state index contributed by atoms with van der Waals surface area (Å²) >= 11 is 0. The Kier molecular flexibility index (Phi) is 4.10. The van der Waals surface area contributed by atoms with Crippen LogP contribution in [0.1, 0.15) is 29.5 Å². The Labute approximate surface area is 114 Å². The van der Waals surface area contributed by atoms with Gasteiger partial charge in [0.05, 0.1) is 5.92 Å². The Bertz CT molecular complexity index is 458. The molecule has 0 spiro atoms. The molecule has 0 aliphatic heterocycles. The van der Waals surface area contributed by atoms with Crippen LogP contribution >= 0.6 is 0 Å². The molecule has 1 unspecified atom stereocenters. The van der Waals surface area contributed by atoms with E-state index in [0.29, 0.717) is 24.8 Å². The summed E-state index contributed by atoms with van der Waals surface area (Å²) in [4.78, 5) is 12.0. The number of carbonyl (C=O) groups excluding carboxylic acids is 1. The van der Waals surface area contributed by atoms with Crippen LogP contribution in [0.5, 0.6) is 5.75 Å². The zero-order valence-corrected chi connectivity index (χ0v) is 11.6. The van der Waals surface area contributed by atoms with Crippen molar-refractivity contribution in [2.45, 2.75) is 39.2 Å². The van der Waals surface area contributed by atoms with Crippen molar-refractivity contribution in [3.8, 4) is 5.75 Å². The largest absolute Gasteiger partial charge is 0.507 e. The van der Waals surface area contributed by atoms with Gasteiger partial charge in [0.2, 0.25) is 5.91 Å². The number of hydrogen-bond acceptors (Lipinski definition) is 3. The van der Waals surface area contributed by atoms with Crippen LogP contribution in [-0.2, 0) is 11.2 Å². The van der Waals surface area contributed by atoms with Gasteiger partial charge in [-0.3, -0.25) is 4.79 Å². The number of nitrogens with two attached hydrogens (primary N) is 1. The summed E-state index contributed by atoms with van der Waals surface area (Å²) in [5.41, 5.74) is 8.45. The summed E-state index contributed by atoms with van der Waals surface area (Å²) < 4.78 is 0. The van der Waals surface area contributed by atoms with Crippen molar-refractivity contribution in [3.63, 3.8) is 0 Å². The fourth-order valence-electron chi connectivity index (χ4n) is 2.28. The van der Waals surface area contributed by atoms with Crippen molar-refractivity contribution in [1.82, 2.24) is 5.32 Å². The van der Waals surface area contributed by atoms with E-state index >= 15 is 0 Å². The van der Waals surface area contributed by atoms with E-state index in [1.54, 1.807) is 0 Å². The van der Waals surface area contributed by atoms with Gasteiger partial charge in [0.1, 0.15) is 5.75 Å². The first-order chi connectivity index (χ1) is 9.01. The van der Waals surface area contributed by atoms with E-state index in [1.807, 2.05) is 26.0 Å². The number of aryl methyl sites for hydroxylation is 2. The molecule has 4 nitrogen and oxygen atoms in total. The number of aromatic hydroxyl groups is 1. The highest BCUT2D eigenvalue weighted by atomic mass is 16.3. The van der Waals surface area contributed by atoms with Gasteiger partial charge in [-0.2, -0.15) is 0 Å². The van der Waals surface area contributed by atoms with E-state index in [-0.39, 0.29) is 11.8 Å². The molecular weight excluding hydrogens is 240 g/mol. The van der Waals surface area contributed by atoms with Crippen molar-refractivity contribution < 1.29 is 9.90 Å². The number of amides is 1. The maximum absolute atomic E-state index is 12.0. The molecule has 0 heterocycles. The number of phenolic OH excluding ortho intramolecular Hbond substituents is 1. The lowest BCUT2D eigenvalue weighted by Crippen LogP contribution is -2.37. The fourth-order valence-corrected chi connectivity index (χ4v) is 2.28. The maximum atomic E-state index is 12.0. The summed E-state index contributed by atoms with van der Waals surface area (Å²) in [6.07, 6.45) is 2.79. The summed E-state index contributed by atoms with van der Waals surface area (Å²) in [5.74, 6) is 0.188. The molecule has 1 aliphatic carbocycles. The molecule has 1 aliphatic rings. The monoisotopic (exact) mass is 262 g/mol. The fraction of sp³-hybridized carbons (Fsp3) is 0.533. The zero-order chi connectivity index (χ0) is 14.0. The van der Waals surface area contributed by atoms with Gasteiger partial charge in [-0.1, -0.05) is 12.1 Å². The zero-order valence-electron chi connectivity index (χ0n) is 11.6. The first kappa shape index (κ1) is 13.9. The minimum atomic E-state index is -0.191. The molecule has 104 valence electrons. The molecule has 0 aromatic heterocycles. The molecule has 19 heavy (non-hydrogen) atoms. The van der Waals surface area contributed by atoms with Crippen molar-refractivity contribution in [3.05, 3.63) is 28.8 Å². The third kappa shape index (κ3) is 3.47. The van der Waals surface area contributed by atoms with Crippen LogP contribution in [0.2, 0.25) is 0 Å². The topological polar surface area (TPSA) is 75.4 Å². The first-order valence-electron chi connectivity index (χ1n) is 6.80. The molecule has 0 saturated heterocycles. The van der Waals surface area contributed by atoms with E-state index in [1.165, 1.54) is 0 Å². The second kappa shape index (κ2) is 5.61. The molecule has 0 radical (unpaired) electrons. The molecule has 4 heteroatoms. The Morgan fingerprint density at radius 1 is 1.42 bits per heavy atom. The van der Waals surface area contributed by atoms with Crippen LogP contribution in [0.15, 0.2) is 12.1 Å². The molecule has 2 rings (SSSR count). The molecule has 1 amide bonds. The van der Waals surface area contributed by atoms with E-state index in [2.05, 4.69) is 5.32 Å². The van der Waals surface area contributed by atoms with Gasteiger partial charge >= 0.3 is 0 Å². The van der Waals surface area contributed by atoms with Gasteiger partial charge in [0, 0.05) is 12.6 Å². The Hall–Kier alpha value is -1.55. The Morgan fingerprint density at radius 3 is 2.47 bits per heavy atom. The smallest absolute Gasteiger partial charge is 0.224 e. The number of rotatable bonds is 5. The second-order valence-corrected chi connectivity index (χ2v) is 5.50. The quantitative estimate of drug-likeness (QED) is 0.751. The van der Waals surface area contributed by atoms with Crippen molar-refractivity contribution in [2.75, 3.05) is 6.54 Å². The molecule has 1 atom stereocenters. The highest BCUT2D eigenvalue weighted by Gasteiger charge is 2.27. The third-order valence-corrected chi connectivity index (χ3v) is 3.61. The van der Waals surface area contributed by atoms with Crippen LogP contribution in [0.3, 0.4) is 0 Å². The average molecular weight is 262 g/mol. The van der Waals surface area contributed by atoms with Crippen molar-refractivity contribution >= 4 is 5.91 Å². The Balaban J connectivity index is 2.06. The molecule has 0 bridgehead atoms. The molecule has 1 aromatic rings. The number of carbonyl (C=O) groups is 1. The predicted octanol–water partition coefficient (Wildman–Crippen LogP) is 1.41. The van der Waals surface area contributed by atoms with Crippen LogP contribution < -0.4 is 11.1 Å². The van der Waals surface area contributed by atoms with E-state index in [9.17, 15) is 9.90 Å². The lowest BCUT2D eigenvalue weighted by atomic mass is 9.95. The van der Waals surface area contributed by atoms with Crippen LogP contribution in [0, 0.1) is 19.8 Å². The van der Waals surface area contributed by atoms with E-state index in [0.717, 1.165) is 29.5 Å². The van der Waals surface area contributed by atoms with Crippen LogP contribution in [-0.4, -0.2) is 23.6 Å². The van der Waals surface area contributed by atoms with Crippen molar-refractivity contribution in [2.24, 2.45) is 11.7 Å². The lowest BCUT2D eigenvalue weighted by Gasteiger charge is -2.16. The molecule has 4 N–H and O–H groups in total. The van der Waals surface area contributed by atoms with Gasteiger partial charge in [-0.25, -0.2) is 0 Å². The number of benzene rings is 1. The van der Waals surface area contributed by atoms with Crippen molar-refractivity contribution in [1.29, 1.82) is 0 Å². The Morgan fingerprint density at radius 2 is 2.00 bits per heavy atom. The summed E-state index contributed by atoms with van der Waals surface area (Å²) in [6, 6.07) is 4.22. The van der Waals surface area contributed by atoms with Gasteiger partial charge in [-0.05, 0) is 49.8 Å². The molecular formula is C15H22N2O2. The van der Waals surface area contributed by atoms with Gasteiger partial charge in [0.15, 0.2) is 0 Å². The van der Waals surface area contributed by atoms with Gasteiger partial charge < -0.3 is 16.2 Å². The van der Waals surface area contributed by atoms with Gasteiger partial charge in [0.25, 0.3) is 0 Å². The summed E-state index contributed by atoms with van der Waals surface area (Å²) in [5, 5.41) is 12.8. The number of phenols is 1. The summed E-state index contributed by atoms with van der Waals surface area (Å²) in [7, 11) is 0.